The van der Waals surface area contributed by atoms with Crippen LogP contribution in [0.25, 0.3) is 0 Å². The number of nitrogens with zero attached hydrogens (tertiary/aromatic N) is 2. The van der Waals surface area contributed by atoms with Crippen molar-refractivity contribution in [2.24, 2.45) is 0 Å². The van der Waals surface area contributed by atoms with Crippen LogP contribution >= 0.6 is 12.2 Å². The number of nitrogens with one attached hydrogen (secondary N) is 1. The fourth-order valence-corrected chi connectivity index (χ4v) is 2.49. The molecule has 0 aliphatic heterocycles. The molecule has 1 N–H and O–H groups in total. The van der Waals surface area contributed by atoms with Crippen LogP contribution in [0.2, 0.25) is 0 Å². The molecule has 4 heteroatoms. The van der Waals surface area contributed by atoms with E-state index in [-0.39, 0.29) is 0 Å². The standard InChI is InChI=1S/C12H21N3S/c1-2-15(10-6-9-13)12(16)14-11-7-4-3-5-8-11/h11H,2-8,10H2,1H3,(H,14,16). The first-order chi connectivity index (χ1) is 7.77. The summed E-state index contributed by atoms with van der Waals surface area (Å²) in [5, 5.41) is 12.8. The molecule has 0 amide bonds. The molecular formula is C12H21N3S. The molecule has 1 fully saturated rings. The zero-order chi connectivity index (χ0) is 11.8. The predicted molar refractivity (Wildman–Crippen MR) is 70.1 cm³/mol. The Morgan fingerprint density at radius 3 is 2.69 bits per heavy atom. The van der Waals surface area contributed by atoms with E-state index in [0.717, 1.165) is 18.2 Å². The Labute approximate surface area is 104 Å². The van der Waals surface area contributed by atoms with E-state index in [0.29, 0.717) is 12.5 Å². The fourth-order valence-electron chi connectivity index (χ4n) is 2.10. The Hall–Kier alpha value is -0.820. The molecule has 90 valence electrons. The monoisotopic (exact) mass is 239 g/mol. The van der Waals surface area contributed by atoms with Gasteiger partial charge in [-0.2, -0.15) is 5.26 Å². The molecule has 0 atom stereocenters. The summed E-state index contributed by atoms with van der Waals surface area (Å²) in [5.74, 6) is 0. The normalized spacial score (nSPS) is 16.5. The van der Waals surface area contributed by atoms with Crippen LogP contribution in [0.3, 0.4) is 0 Å². The summed E-state index contributed by atoms with van der Waals surface area (Å²) in [5.41, 5.74) is 0. The Morgan fingerprint density at radius 1 is 1.44 bits per heavy atom. The molecule has 0 bridgehead atoms. The van der Waals surface area contributed by atoms with Crippen molar-refractivity contribution in [1.82, 2.24) is 10.2 Å². The molecule has 1 aliphatic rings. The zero-order valence-corrected chi connectivity index (χ0v) is 10.9. The average molecular weight is 239 g/mol. The predicted octanol–water partition coefficient (Wildman–Crippen LogP) is 2.43. The van der Waals surface area contributed by atoms with Gasteiger partial charge < -0.3 is 10.2 Å². The third kappa shape index (κ3) is 4.36. The van der Waals surface area contributed by atoms with E-state index in [9.17, 15) is 0 Å². The molecule has 0 unspecified atom stereocenters. The first-order valence-electron chi connectivity index (χ1n) is 6.20. The average Bonchev–Trinajstić information content (AvgIpc) is 2.31. The number of thiocarbonyl (C=S) groups is 1. The van der Waals surface area contributed by atoms with Crippen molar-refractivity contribution in [3.05, 3.63) is 0 Å². The van der Waals surface area contributed by atoms with Crippen molar-refractivity contribution in [3.63, 3.8) is 0 Å². The molecule has 1 aliphatic carbocycles. The Morgan fingerprint density at radius 2 is 2.12 bits per heavy atom. The molecule has 0 aromatic rings. The SMILES string of the molecule is CCN(CCC#N)C(=S)NC1CCCCC1. The second-order valence-corrected chi connectivity index (χ2v) is 4.66. The van der Waals surface area contributed by atoms with Gasteiger partial charge >= 0.3 is 0 Å². The van der Waals surface area contributed by atoms with Gasteiger partial charge in [-0.15, -0.1) is 0 Å². The largest absolute Gasteiger partial charge is 0.360 e. The summed E-state index contributed by atoms with van der Waals surface area (Å²) in [6, 6.07) is 2.72. The van der Waals surface area contributed by atoms with Crippen LogP contribution in [0.15, 0.2) is 0 Å². The summed E-state index contributed by atoms with van der Waals surface area (Å²) in [6.07, 6.45) is 6.98. The highest BCUT2D eigenvalue weighted by Gasteiger charge is 2.16. The molecule has 16 heavy (non-hydrogen) atoms. The highest BCUT2D eigenvalue weighted by atomic mass is 32.1. The molecule has 0 aromatic carbocycles. The second kappa shape index (κ2) is 7.45. The third-order valence-corrected chi connectivity index (χ3v) is 3.47. The molecular weight excluding hydrogens is 218 g/mol. The van der Waals surface area contributed by atoms with E-state index in [1.165, 1.54) is 32.1 Å². The summed E-state index contributed by atoms with van der Waals surface area (Å²) in [6.45, 7) is 3.69. The lowest BCUT2D eigenvalue weighted by Gasteiger charge is -2.29. The van der Waals surface area contributed by atoms with E-state index in [1.807, 2.05) is 0 Å². The van der Waals surface area contributed by atoms with Crippen LogP contribution in [0.5, 0.6) is 0 Å². The number of nitriles is 1. The maximum absolute atomic E-state index is 8.57. The van der Waals surface area contributed by atoms with Crippen molar-refractivity contribution < 1.29 is 0 Å². The molecule has 3 nitrogen and oxygen atoms in total. The maximum atomic E-state index is 8.57. The molecule has 1 saturated carbocycles. The van der Waals surface area contributed by atoms with Crippen LogP contribution in [0.1, 0.15) is 45.4 Å². The fraction of sp³-hybridized carbons (Fsp3) is 0.833. The Balaban J connectivity index is 2.33. The van der Waals surface area contributed by atoms with Gasteiger partial charge in [-0.3, -0.25) is 0 Å². The van der Waals surface area contributed by atoms with E-state index >= 15 is 0 Å². The summed E-state index contributed by atoms with van der Waals surface area (Å²) >= 11 is 5.37. The van der Waals surface area contributed by atoms with E-state index in [4.69, 9.17) is 17.5 Å². The van der Waals surface area contributed by atoms with E-state index < -0.39 is 0 Å². The van der Waals surface area contributed by atoms with Crippen LogP contribution in [-0.2, 0) is 0 Å². The summed E-state index contributed by atoms with van der Waals surface area (Å²) in [4.78, 5) is 2.08. The Kier molecular flexibility index (Phi) is 6.17. The topological polar surface area (TPSA) is 39.1 Å². The van der Waals surface area contributed by atoms with Crippen molar-refractivity contribution in [3.8, 4) is 6.07 Å². The van der Waals surface area contributed by atoms with Crippen molar-refractivity contribution >= 4 is 17.3 Å². The number of hydrogen-bond acceptors (Lipinski definition) is 2. The first kappa shape index (κ1) is 13.2. The lowest BCUT2D eigenvalue weighted by Crippen LogP contribution is -2.45. The van der Waals surface area contributed by atoms with Gasteiger partial charge in [-0.05, 0) is 32.0 Å². The van der Waals surface area contributed by atoms with Crippen LogP contribution in [0.4, 0.5) is 0 Å². The molecule has 0 saturated heterocycles. The third-order valence-electron chi connectivity index (χ3n) is 3.10. The molecule has 0 spiro atoms. The summed E-state index contributed by atoms with van der Waals surface area (Å²) < 4.78 is 0. The van der Waals surface area contributed by atoms with Gasteiger partial charge in [0.25, 0.3) is 0 Å². The van der Waals surface area contributed by atoms with Crippen molar-refractivity contribution in [2.75, 3.05) is 13.1 Å². The van der Waals surface area contributed by atoms with Gasteiger partial charge in [0.15, 0.2) is 5.11 Å². The summed E-state index contributed by atoms with van der Waals surface area (Å²) in [7, 11) is 0. The molecule has 1 rings (SSSR count). The number of hydrogen-bond donors (Lipinski definition) is 1. The van der Waals surface area contributed by atoms with Gasteiger partial charge in [0.1, 0.15) is 0 Å². The van der Waals surface area contributed by atoms with E-state index in [1.54, 1.807) is 0 Å². The zero-order valence-electron chi connectivity index (χ0n) is 10.0. The van der Waals surface area contributed by atoms with Gasteiger partial charge in [0.2, 0.25) is 0 Å². The smallest absolute Gasteiger partial charge is 0.169 e. The number of rotatable bonds is 4. The minimum absolute atomic E-state index is 0.542. The van der Waals surface area contributed by atoms with Gasteiger partial charge in [-0.1, -0.05) is 19.3 Å². The van der Waals surface area contributed by atoms with Gasteiger partial charge in [0.05, 0.1) is 12.5 Å². The lowest BCUT2D eigenvalue weighted by molar-refractivity contribution is 0.382. The van der Waals surface area contributed by atoms with Gasteiger partial charge in [0, 0.05) is 19.1 Å². The first-order valence-corrected chi connectivity index (χ1v) is 6.61. The van der Waals surface area contributed by atoms with Crippen LogP contribution in [0, 0.1) is 11.3 Å². The van der Waals surface area contributed by atoms with Crippen molar-refractivity contribution in [2.45, 2.75) is 51.5 Å². The minimum atomic E-state index is 0.542. The van der Waals surface area contributed by atoms with Crippen molar-refractivity contribution in [1.29, 1.82) is 5.26 Å². The Bertz CT molecular complexity index is 253. The van der Waals surface area contributed by atoms with E-state index in [2.05, 4.69) is 23.2 Å². The quantitative estimate of drug-likeness (QED) is 0.765. The molecule has 0 radical (unpaired) electrons. The van der Waals surface area contributed by atoms with Crippen LogP contribution in [-0.4, -0.2) is 29.1 Å². The highest BCUT2D eigenvalue weighted by molar-refractivity contribution is 7.80. The molecule has 0 aromatic heterocycles. The lowest BCUT2D eigenvalue weighted by atomic mass is 9.96. The minimum Gasteiger partial charge on any atom is -0.360 e. The van der Waals surface area contributed by atoms with Crippen LogP contribution < -0.4 is 5.32 Å². The maximum Gasteiger partial charge on any atom is 0.169 e. The molecule has 0 heterocycles. The highest BCUT2D eigenvalue weighted by Crippen LogP contribution is 2.17. The van der Waals surface area contributed by atoms with Gasteiger partial charge in [-0.25, -0.2) is 0 Å². The second-order valence-electron chi connectivity index (χ2n) is 4.27.